The van der Waals surface area contributed by atoms with Crippen LogP contribution in [0.2, 0.25) is 0 Å². The van der Waals surface area contributed by atoms with Gasteiger partial charge >= 0.3 is 0 Å². The number of halogens is 1. The molecule has 0 spiro atoms. The molecule has 0 radical (unpaired) electrons. The number of sulfonamides is 1. The highest BCUT2D eigenvalue weighted by molar-refractivity contribution is 7.89. The third kappa shape index (κ3) is 2.41. The van der Waals surface area contributed by atoms with E-state index in [4.69, 9.17) is 10.6 Å². The molecule has 0 aliphatic carbocycles. The molecule has 2 N–H and O–H groups in total. The first kappa shape index (κ1) is 12.3. The second-order valence-corrected chi connectivity index (χ2v) is 5.55. The van der Waals surface area contributed by atoms with Crippen molar-refractivity contribution in [1.29, 1.82) is 0 Å². The van der Waals surface area contributed by atoms with Crippen LogP contribution in [0.25, 0.3) is 0 Å². The van der Waals surface area contributed by atoms with Crippen LogP contribution in [0.3, 0.4) is 0 Å². The second-order valence-electron chi connectivity index (χ2n) is 3.75. The zero-order valence-corrected chi connectivity index (χ0v) is 9.91. The first-order valence-electron chi connectivity index (χ1n) is 5.22. The average molecular weight is 260 g/mol. The lowest BCUT2D eigenvalue weighted by atomic mass is 10.3. The van der Waals surface area contributed by atoms with Gasteiger partial charge in [-0.15, -0.1) is 0 Å². The fraction of sp³-hybridized carbons (Fsp3) is 0.400. The molecular weight excluding hydrogens is 247 g/mol. The van der Waals surface area contributed by atoms with Crippen molar-refractivity contribution in [3.05, 3.63) is 24.0 Å². The molecule has 1 fully saturated rings. The molecule has 0 unspecified atom stereocenters. The number of rotatable bonds is 2. The Hall–Kier alpha value is -1.18. The zero-order chi connectivity index (χ0) is 12.5. The lowest BCUT2D eigenvalue weighted by Crippen LogP contribution is -2.36. The predicted molar refractivity (Wildman–Crippen MR) is 59.9 cm³/mol. The van der Waals surface area contributed by atoms with Crippen LogP contribution in [0.15, 0.2) is 23.1 Å². The summed E-state index contributed by atoms with van der Waals surface area (Å²) in [6, 6.07) is 3.20. The highest BCUT2D eigenvalue weighted by atomic mass is 32.2. The molecule has 1 aliphatic rings. The monoisotopic (exact) mass is 260 g/mol. The van der Waals surface area contributed by atoms with Crippen molar-refractivity contribution < 1.29 is 17.6 Å². The van der Waals surface area contributed by atoms with Crippen LogP contribution in [0.5, 0.6) is 0 Å². The van der Waals surface area contributed by atoms with Gasteiger partial charge in [0.15, 0.2) is 0 Å². The number of hydrogen-bond acceptors (Lipinski definition) is 4. The molecule has 0 aromatic heterocycles. The molecule has 7 heteroatoms. The maximum Gasteiger partial charge on any atom is 0.267 e. The van der Waals surface area contributed by atoms with Gasteiger partial charge in [0, 0.05) is 6.54 Å². The third-order valence-corrected chi connectivity index (χ3v) is 4.24. The van der Waals surface area contributed by atoms with Gasteiger partial charge in [-0.2, -0.15) is 0 Å². The van der Waals surface area contributed by atoms with E-state index in [0.29, 0.717) is 13.2 Å². The Morgan fingerprint density at radius 3 is 2.71 bits per heavy atom. The second kappa shape index (κ2) is 4.59. The van der Waals surface area contributed by atoms with E-state index in [9.17, 15) is 12.8 Å². The lowest BCUT2D eigenvalue weighted by Gasteiger charge is -2.25. The molecule has 2 rings (SSSR count). The Morgan fingerprint density at radius 2 is 2.12 bits per heavy atom. The summed E-state index contributed by atoms with van der Waals surface area (Å²) < 4.78 is 38.0. The van der Waals surface area contributed by atoms with E-state index in [1.54, 1.807) is 0 Å². The first-order chi connectivity index (χ1) is 8.01. The van der Waals surface area contributed by atoms with Crippen molar-refractivity contribution in [2.24, 2.45) is 0 Å². The molecule has 1 aliphatic heterocycles. The van der Waals surface area contributed by atoms with Crippen molar-refractivity contribution in [2.75, 3.05) is 18.9 Å². The number of hydrogen-bond donors (Lipinski definition) is 1. The van der Waals surface area contributed by atoms with Gasteiger partial charge in [0.25, 0.3) is 10.0 Å². The number of nitrogens with two attached hydrogens (primary N) is 1. The Labute approximate surface area is 99.0 Å². The highest BCUT2D eigenvalue weighted by Crippen LogP contribution is 2.25. The molecule has 0 bridgehead atoms. The van der Waals surface area contributed by atoms with Gasteiger partial charge in [-0.05, 0) is 31.0 Å². The molecule has 94 valence electrons. The maximum atomic E-state index is 12.9. The third-order valence-electron chi connectivity index (χ3n) is 2.49. The van der Waals surface area contributed by atoms with Crippen molar-refractivity contribution in [2.45, 2.75) is 17.7 Å². The number of hydroxylamine groups is 1. The number of nitrogen functional groups attached to an aromatic ring is 1. The van der Waals surface area contributed by atoms with Gasteiger partial charge in [-0.25, -0.2) is 12.8 Å². The van der Waals surface area contributed by atoms with E-state index in [0.717, 1.165) is 35.5 Å². The van der Waals surface area contributed by atoms with E-state index in [1.165, 1.54) is 0 Å². The zero-order valence-electron chi connectivity index (χ0n) is 9.10. The molecular formula is C10H13FN2O3S. The van der Waals surface area contributed by atoms with Gasteiger partial charge in [0.05, 0.1) is 12.3 Å². The Kier molecular flexibility index (Phi) is 3.32. The normalized spacial score (nSPS) is 18.2. The lowest BCUT2D eigenvalue weighted by molar-refractivity contribution is -0.108. The summed E-state index contributed by atoms with van der Waals surface area (Å²) in [5, 5.41) is 0. The molecule has 0 amide bonds. The molecule has 1 aromatic carbocycles. The van der Waals surface area contributed by atoms with Crippen LogP contribution in [0, 0.1) is 5.82 Å². The van der Waals surface area contributed by atoms with Crippen molar-refractivity contribution in [1.82, 2.24) is 4.47 Å². The molecule has 0 atom stereocenters. The topological polar surface area (TPSA) is 72.6 Å². The summed E-state index contributed by atoms with van der Waals surface area (Å²) in [6.07, 6.45) is 1.56. The van der Waals surface area contributed by atoms with Gasteiger partial charge in [-0.1, -0.05) is 4.47 Å². The van der Waals surface area contributed by atoms with Gasteiger partial charge < -0.3 is 5.73 Å². The highest BCUT2D eigenvalue weighted by Gasteiger charge is 2.29. The van der Waals surface area contributed by atoms with Gasteiger partial charge in [0.2, 0.25) is 0 Å². The Bertz CT molecular complexity index is 512. The minimum Gasteiger partial charge on any atom is -0.398 e. The molecule has 1 heterocycles. The smallest absolute Gasteiger partial charge is 0.267 e. The average Bonchev–Trinajstić information content (AvgIpc) is 2.29. The summed E-state index contributed by atoms with van der Waals surface area (Å²) in [6.45, 7) is 0.652. The first-order valence-corrected chi connectivity index (χ1v) is 6.66. The molecule has 1 saturated heterocycles. The van der Waals surface area contributed by atoms with Gasteiger partial charge in [-0.3, -0.25) is 4.84 Å². The quantitative estimate of drug-likeness (QED) is 0.809. The maximum absolute atomic E-state index is 12.9. The molecule has 5 nitrogen and oxygen atoms in total. The molecule has 17 heavy (non-hydrogen) atoms. The van der Waals surface area contributed by atoms with E-state index in [2.05, 4.69) is 0 Å². The summed E-state index contributed by atoms with van der Waals surface area (Å²) in [5.74, 6) is -0.569. The fourth-order valence-corrected chi connectivity index (χ4v) is 3.03. The van der Waals surface area contributed by atoms with Crippen molar-refractivity contribution >= 4 is 15.7 Å². The Morgan fingerprint density at radius 1 is 1.35 bits per heavy atom. The van der Waals surface area contributed by atoms with Gasteiger partial charge in [0.1, 0.15) is 10.7 Å². The van der Waals surface area contributed by atoms with E-state index < -0.39 is 15.8 Å². The van der Waals surface area contributed by atoms with E-state index >= 15 is 0 Å². The van der Waals surface area contributed by atoms with Crippen LogP contribution < -0.4 is 5.73 Å². The fourth-order valence-electron chi connectivity index (χ4n) is 1.63. The van der Waals surface area contributed by atoms with Crippen LogP contribution >= 0.6 is 0 Å². The summed E-state index contributed by atoms with van der Waals surface area (Å²) in [5.41, 5.74) is 5.40. The largest absolute Gasteiger partial charge is 0.398 e. The van der Waals surface area contributed by atoms with Crippen LogP contribution in [0.4, 0.5) is 10.1 Å². The number of nitrogens with zero attached hydrogens (tertiary/aromatic N) is 1. The summed E-state index contributed by atoms with van der Waals surface area (Å²) in [4.78, 5) is 4.95. The minimum atomic E-state index is -3.79. The summed E-state index contributed by atoms with van der Waals surface area (Å²) >= 11 is 0. The van der Waals surface area contributed by atoms with E-state index in [1.807, 2.05) is 0 Å². The molecule has 0 saturated carbocycles. The van der Waals surface area contributed by atoms with Crippen LogP contribution in [0.1, 0.15) is 12.8 Å². The molecule has 1 aromatic rings. The minimum absolute atomic E-state index is 0.112. The van der Waals surface area contributed by atoms with Crippen LogP contribution in [-0.2, 0) is 14.9 Å². The standard InChI is InChI=1S/C10H13FN2O3S/c11-8-3-4-10(9(12)7-8)17(14,15)13-5-1-2-6-16-13/h3-4,7H,1-2,5-6,12H2. The number of anilines is 1. The van der Waals surface area contributed by atoms with Crippen molar-refractivity contribution in [3.63, 3.8) is 0 Å². The van der Waals surface area contributed by atoms with Crippen molar-refractivity contribution in [3.8, 4) is 0 Å². The predicted octanol–water partition coefficient (Wildman–Crippen LogP) is 1.12. The van der Waals surface area contributed by atoms with Crippen LogP contribution in [-0.4, -0.2) is 26.0 Å². The summed E-state index contributed by atoms with van der Waals surface area (Å²) in [7, 11) is -3.79. The number of benzene rings is 1. The SMILES string of the molecule is Nc1cc(F)ccc1S(=O)(=O)N1CCCCO1. The van der Waals surface area contributed by atoms with E-state index in [-0.39, 0.29) is 10.6 Å². The Balaban J connectivity index is 2.37.